The fraction of sp³-hybridized carbons (Fsp3) is 0.381. The Morgan fingerprint density at radius 1 is 1.00 bits per heavy atom. The second-order valence-corrected chi connectivity index (χ2v) is 10.8. The van der Waals surface area contributed by atoms with Crippen molar-refractivity contribution in [3.63, 3.8) is 0 Å². The fourth-order valence-corrected chi connectivity index (χ4v) is 6.46. The number of sulfonamides is 1. The molecule has 1 aliphatic heterocycles. The number of halogens is 3. The van der Waals surface area contributed by atoms with Crippen LogP contribution in [0.5, 0.6) is 0 Å². The van der Waals surface area contributed by atoms with Gasteiger partial charge >= 0.3 is 0 Å². The highest BCUT2D eigenvalue weighted by Gasteiger charge is 2.35. The van der Waals surface area contributed by atoms with E-state index in [4.69, 9.17) is 34.8 Å². The quantitative estimate of drug-likeness (QED) is 0.568. The number of nitrogens with one attached hydrogen (secondary N) is 1. The Morgan fingerprint density at radius 2 is 1.60 bits per heavy atom. The molecule has 2 aromatic carbocycles. The van der Waals surface area contributed by atoms with Crippen LogP contribution in [-0.2, 0) is 14.8 Å². The predicted octanol–water partition coefficient (Wildman–Crippen LogP) is 5.61. The van der Waals surface area contributed by atoms with E-state index >= 15 is 0 Å². The second kappa shape index (κ2) is 9.05. The van der Waals surface area contributed by atoms with Crippen molar-refractivity contribution in [2.45, 2.75) is 38.5 Å². The van der Waals surface area contributed by atoms with Crippen LogP contribution in [0.1, 0.15) is 29.5 Å². The fourth-order valence-electron chi connectivity index (χ4n) is 3.93. The number of rotatable bonds is 4. The lowest BCUT2D eigenvalue weighted by atomic mass is 9.98. The van der Waals surface area contributed by atoms with Crippen LogP contribution >= 0.6 is 34.8 Å². The van der Waals surface area contributed by atoms with E-state index in [-0.39, 0.29) is 22.5 Å². The lowest BCUT2D eigenvalue weighted by Crippen LogP contribution is -2.44. The monoisotopic (exact) mass is 488 g/mol. The third-order valence-corrected chi connectivity index (χ3v) is 8.43. The Morgan fingerprint density at radius 3 is 2.23 bits per heavy atom. The number of anilines is 1. The molecule has 9 heteroatoms. The van der Waals surface area contributed by atoms with E-state index in [0.717, 1.165) is 5.56 Å². The molecule has 0 aromatic heterocycles. The summed E-state index contributed by atoms with van der Waals surface area (Å²) in [5.74, 6) is -0.794. The van der Waals surface area contributed by atoms with E-state index in [1.165, 1.54) is 16.4 Å². The lowest BCUT2D eigenvalue weighted by molar-refractivity contribution is -0.120. The van der Waals surface area contributed by atoms with Crippen LogP contribution in [0.25, 0.3) is 0 Å². The zero-order chi connectivity index (χ0) is 22.2. The highest BCUT2D eigenvalue weighted by Crippen LogP contribution is 2.33. The van der Waals surface area contributed by atoms with Crippen LogP contribution < -0.4 is 5.32 Å². The van der Waals surface area contributed by atoms with Gasteiger partial charge in [0.2, 0.25) is 15.9 Å². The van der Waals surface area contributed by atoms with Crippen molar-refractivity contribution in [3.05, 3.63) is 56.0 Å². The third-order valence-electron chi connectivity index (χ3n) is 5.23. The van der Waals surface area contributed by atoms with Crippen LogP contribution in [-0.4, -0.2) is 31.7 Å². The minimum Gasteiger partial charge on any atom is -0.324 e. The summed E-state index contributed by atoms with van der Waals surface area (Å²) in [6.07, 6.45) is 1.18. The molecule has 0 bridgehead atoms. The lowest BCUT2D eigenvalue weighted by Gasteiger charge is -2.32. The van der Waals surface area contributed by atoms with Crippen molar-refractivity contribution in [1.82, 2.24) is 4.31 Å². The van der Waals surface area contributed by atoms with Gasteiger partial charge < -0.3 is 5.32 Å². The van der Waals surface area contributed by atoms with E-state index in [1.54, 1.807) is 13.8 Å². The maximum atomic E-state index is 13.3. The molecule has 0 unspecified atom stereocenters. The first-order chi connectivity index (χ1) is 14.0. The SMILES string of the molecule is Cc1cc(C)c(S(=O)(=O)N2CCC[C@H](C(=O)Nc3cc(Cl)c(Cl)cc3Cl)C2)c(C)c1. The Labute approximate surface area is 192 Å². The molecule has 1 amide bonds. The van der Waals surface area contributed by atoms with Gasteiger partial charge in [-0.25, -0.2) is 8.42 Å². The molecule has 1 aliphatic rings. The molecule has 1 saturated heterocycles. The number of hydrogen-bond acceptors (Lipinski definition) is 3. The van der Waals surface area contributed by atoms with Gasteiger partial charge in [-0.2, -0.15) is 4.31 Å². The van der Waals surface area contributed by atoms with Gasteiger partial charge in [-0.1, -0.05) is 52.5 Å². The number of piperidine rings is 1. The van der Waals surface area contributed by atoms with Gasteiger partial charge in [-0.15, -0.1) is 0 Å². The first-order valence-corrected chi connectivity index (χ1v) is 12.1. The average Bonchev–Trinajstić information content (AvgIpc) is 2.65. The van der Waals surface area contributed by atoms with Gasteiger partial charge in [0, 0.05) is 13.1 Å². The van der Waals surface area contributed by atoms with Gasteiger partial charge in [0.25, 0.3) is 0 Å². The van der Waals surface area contributed by atoms with E-state index in [0.29, 0.717) is 46.1 Å². The number of carbonyl (C=O) groups excluding carboxylic acids is 1. The molecule has 0 spiro atoms. The molecular formula is C21H23Cl3N2O3S. The Bertz CT molecular complexity index is 1080. The van der Waals surface area contributed by atoms with Gasteiger partial charge in [0.1, 0.15) is 0 Å². The Balaban J connectivity index is 1.81. The summed E-state index contributed by atoms with van der Waals surface area (Å²) in [6.45, 7) is 6.03. The molecular weight excluding hydrogens is 467 g/mol. The van der Waals surface area contributed by atoms with Crippen molar-refractivity contribution < 1.29 is 13.2 Å². The van der Waals surface area contributed by atoms with Gasteiger partial charge in [-0.05, 0) is 56.9 Å². The number of hydrogen-bond donors (Lipinski definition) is 1. The summed E-state index contributed by atoms with van der Waals surface area (Å²) in [5, 5.41) is 3.58. The Hall–Kier alpha value is -1.31. The molecule has 0 radical (unpaired) electrons. The van der Waals surface area contributed by atoms with Crippen molar-refractivity contribution in [3.8, 4) is 0 Å². The second-order valence-electron chi connectivity index (χ2n) is 7.67. The maximum absolute atomic E-state index is 13.3. The minimum absolute atomic E-state index is 0.111. The van der Waals surface area contributed by atoms with Crippen LogP contribution in [0.4, 0.5) is 5.69 Å². The first kappa shape index (κ1) is 23.4. The molecule has 1 N–H and O–H groups in total. The molecule has 1 heterocycles. The molecule has 3 rings (SSSR count). The first-order valence-electron chi connectivity index (χ1n) is 9.54. The standard InChI is InChI=1S/C21H23Cl3N2O3S/c1-12-7-13(2)20(14(3)8-12)30(28,29)26-6-4-5-15(11-26)21(27)25-19-10-17(23)16(22)9-18(19)24/h7-10,15H,4-6,11H2,1-3H3,(H,25,27)/t15-/m0/s1. The van der Waals surface area contributed by atoms with Crippen LogP contribution in [0.15, 0.2) is 29.2 Å². The predicted molar refractivity (Wildman–Crippen MR) is 122 cm³/mol. The summed E-state index contributed by atoms with van der Waals surface area (Å²) in [4.78, 5) is 13.2. The Kier molecular flexibility index (Phi) is 7.04. The average molecular weight is 490 g/mol. The number of amides is 1. The number of benzene rings is 2. The summed E-state index contributed by atoms with van der Waals surface area (Å²) in [5.41, 5.74) is 2.78. The molecule has 30 heavy (non-hydrogen) atoms. The molecule has 2 aromatic rings. The van der Waals surface area contributed by atoms with E-state index in [2.05, 4.69) is 5.32 Å². The maximum Gasteiger partial charge on any atom is 0.243 e. The van der Waals surface area contributed by atoms with E-state index < -0.39 is 15.9 Å². The zero-order valence-corrected chi connectivity index (χ0v) is 20.0. The smallest absolute Gasteiger partial charge is 0.243 e. The van der Waals surface area contributed by atoms with Gasteiger partial charge in [-0.3, -0.25) is 4.79 Å². The number of aryl methyl sites for hydroxylation is 3. The topological polar surface area (TPSA) is 66.5 Å². The minimum atomic E-state index is -3.71. The van der Waals surface area contributed by atoms with Crippen LogP contribution in [0, 0.1) is 26.7 Å². The molecule has 162 valence electrons. The van der Waals surface area contributed by atoms with Crippen molar-refractivity contribution in [2.24, 2.45) is 5.92 Å². The molecule has 5 nitrogen and oxygen atoms in total. The van der Waals surface area contributed by atoms with E-state index in [9.17, 15) is 13.2 Å². The number of carbonyl (C=O) groups is 1. The molecule has 1 atom stereocenters. The third kappa shape index (κ3) is 4.78. The van der Waals surface area contributed by atoms with Crippen LogP contribution in [0.3, 0.4) is 0 Å². The summed E-state index contributed by atoms with van der Waals surface area (Å²) < 4.78 is 28.1. The summed E-state index contributed by atoms with van der Waals surface area (Å²) in [7, 11) is -3.71. The summed E-state index contributed by atoms with van der Waals surface area (Å²) in [6, 6.07) is 6.67. The molecule has 0 saturated carbocycles. The van der Waals surface area contributed by atoms with Crippen molar-refractivity contribution in [1.29, 1.82) is 0 Å². The highest BCUT2D eigenvalue weighted by molar-refractivity contribution is 7.89. The zero-order valence-electron chi connectivity index (χ0n) is 16.9. The number of nitrogens with zero attached hydrogens (tertiary/aromatic N) is 1. The van der Waals surface area contributed by atoms with E-state index in [1.807, 2.05) is 19.1 Å². The summed E-state index contributed by atoms with van der Waals surface area (Å²) >= 11 is 18.1. The molecule has 1 fully saturated rings. The van der Waals surface area contributed by atoms with Crippen molar-refractivity contribution >= 4 is 56.4 Å². The van der Waals surface area contributed by atoms with Gasteiger partial charge in [0.15, 0.2) is 0 Å². The normalized spacial score (nSPS) is 17.7. The highest BCUT2D eigenvalue weighted by atomic mass is 35.5. The van der Waals surface area contributed by atoms with Crippen molar-refractivity contribution in [2.75, 3.05) is 18.4 Å². The largest absolute Gasteiger partial charge is 0.324 e. The van der Waals surface area contributed by atoms with Crippen LogP contribution in [0.2, 0.25) is 15.1 Å². The van der Waals surface area contributed by atoms with Gasteiger partial charge in [0.05, 0.1) is 31.6 Å². The molecule has 0 aliphatic carbocycles.